The summed E-state index contributed by atoms with van der Waals surface area (Å²) in [6, 6.07) is 11.3. The number of amides is 1. The maximum atomic E-state index is 13.1. The first-order valence-electron chi connectivity index (χ1n) is 13.4. The highest BCUT2D eigenvalue weighted by atomic mass is 16.6. The standard InChI is InChI=1S/C30H43NO6/c1-6-8-9-10-11-16-31(30(34)37-28-23(4)19-22(3)20-24(28)5)17-18-36-26-14-12-25(13-15-26)21-27(29(32)33)35-7-2/h12-15,19-20,27H,6-11,16-18,21H2,1-5H3,(H,32,33). The van der Waals surface area contributed by atoms with Gasteiger partial charge in [-0.1, -0.05) is 62.4 Å². The number of aliphatic carboxylic acids is 1. The van der Waals surface area contributed by atoms with Gasteiger partial charge in [-0.2, -0.15) is 0 Å². The molecule has 0 spiro atoms. The second-order valence-corrected chi connectivity index (χ2v) is 9.48. The van der Waals surface area contributed by atoms with Gasteiger partial charge in [0.15, 0.2) is 6.10 Å². The molecule has 37 heavy (non-hydrogen) atoms. The van der Waals surface area contributed by atoms with Crippen LogP contribution in [0.3, 0.4) is 0 Å². The number of carbonyl (C=O) groups is 2. The Labute approximate surface area is 221 Å². The average Bonchev–Trinajstić information content (AvgIpc) is 2.85. The number of hydrogen-bond acceptors (Lipinski definition) is 5. The van der Waals surface area contributed by atoms with E-state index in [0.29, 0.717) is 44.2 Å². The Bertz CT molecular complexity index is 965. The van der Waals surface area contributed by atoms with Crippen LogP contribution in [0.2, 0.25) is 0 Å². The Morgan fingerprint density at radius 1 is 0.919 bits per heavy atom. The number of unbranched alkanes of at least 4 members (excludes halogenated alkanes) is 4. The number of rotatable bonds is 16. The van der Waals surface area contributed by atoms with Crippen molar-refractivity contribution in [2.24, 2.45) is 0 Å². The molecule has 7 nitrogen and oxygen atoms in total. The van der Waals surface area contributed by atoms with Gasteiger partial charge in [-0.3, -0.25) is 0 Å². The summed E-state index contributed by atoms with van der Waals surface area (Å²) in [7, 11) is 0. The molecule has 2 rings (SSSR count). The van der Waals surface area contributed by atoms with E-state index in [2.05, 4.69) is 6.92 Å². The molecule has 0 aliphatic carbocycles. The first-order chi connectivity index (χ1) is 17.7. The molecule has 0 radical (unpaired) electrons. The van der Waals surface area contributed by atoms with Gasteiger partial charge < -0.3 is 24.2 Å². The molecule has 0 saturated carbocycles. The number of carboxylic acids is 1. The summed E-state index contributed by atoms with van der Waals surface area (Å²) in [5.74, 6) is 0.309. The number of carboxylic acid groups (broad SMARTS) is 1. The van der Waals surface area contributed by atoms with Gasteiger partial charge in [0.2, 0.25) is 0 Å². The van der Waals surface area contributed by atoms with Crippen LogP contribution in [0.4, 0.5) is 4.79 Å². The molecule has 1 amide bonds. The molecule has 1 N–H and O–H groups in total. The van der Waals surface area contributed by atoms with E-state index < -0.39 is 12.1 Å². The normalized spacial score (nSPS) is 11.7. The predicted molar refractivity (Wildman–Crippen MR) is 146 cm³/mol. The van der Waals surface area contributed by atoms with Gasteiger partial charge in [0.25, 0.3) is 0 Å². The van der Waals surface area contributed by atoms with Crippen LogP contribution >= 0.6 is 0 Å². The minimum absolute atomic E-state index is 0.291. The van der Waals surface area contributed by atoms with E-state index in [9.17, 15) is 14.7 Å². The second-order valence-electron chi connectivity index (χ2n) is 9.48. The van der Waals surface area contributed by atoms with Crippen LogP contribution in [0.5, 0.6) is 11.5 Å². The Balaban J connectivity index is 1.97. The van der Waals surface area contributed by atoms with Crippen molar-refractivity contribution in [3.05, 3.63) is 58.7 Å². The van der Waals surface area contributed by atoms with Crippen molar-refractivity contribution in [2.45, 2.75) is 79.2 Å². The van der Waals surface area contributed by atoms with Crippen molar-refractivity contribution in [2.75, 3.05) is 26.3 Å². The molecular weight excluding hydrogens is 470 g/mol. The third kappa shape index (κ3) is 10.4. The van der Waals surface area contributed by atoms with Crippen LogP contribution in [0.1, 0.15) is 68.2 Å². The molecule has 7 heteroatoms. The molecule has 1 unspecified atom stereocenters. The average molecular weight is 514 g/mol. The molecule has 0 heterocycles. The molecule has 2 aromatic rings. The predicted octanol–water partition coefficient (Wildman–Crippen LogP) is 6.49. The van der Waals surface area contributed by atoms with Gasteiger partial charge in [-0.15, -0.1) is 0 Å². The topological polar surface area (TPSA) is 85.3 Å². The second kappa shape index (κ2) is 15.9. The minimum atomic E-state index is -0.972. The number of nitrogens with zero attached hydrogens (tertiary/aromatic N) is 1. The summed E-state index contributed by atoms with van der Waals surface area (Å²) in [5, 5.41) is 9.28. The molecule has 1 atom stereocenters. The van der Waals surface area contributed by atoms with E-state index in [1.54, 1.807) is 11.8 Å². The zero-order chi connectivity index (χ0) is 27.2. The number of hydrogen-bond donors (Lipinski definition) is 1. The van der Waals surface area contributed by atoms with E-state index in [-0.39, 0.29) is 6.09 Å². The first kappa shape index (κ1) is 30.2. The van der Waals surface area contributed by atoms with E-state index in [0.717, 1.165) is 41.5 Å². The zero-order valence-corrected chi connectivity index (χ0v) is 23.0. The largest absolute Gasteiger partial charge is 0.492 e. The van der Waals surface area contributed by atoms with E-state index in [1.165, 1.54) is 12.8 Å². The number of carbonyl (C=O) groups excluding carboxylic acids is 1. The fraction of sp³-hybridized carbons (Fsp3) is 0.533. The van der Waals surface area contributed by atoms with Crippen molar-refractivity contribution >= 4 is 12.1 Å². The third-order valence-corrected chi connectivity index (χ3v) is 6.20. The summed E-state index contributed by atoms with van der Waals surface area (Å²) in [5.41, 5.74) is 3.88. The lowest BCUT2D eigenvalue weighted by atomic mass is 10.1. The number of aryl methyl sites for hydroxylation is 3. The fourth-order valence-electron chi connectivity index (χ4n) is 4.31. The maximum Gasteiger partial charge on any atom is 0.415 e. The molecule has 0 aromatic heterocycles. The van der Waals surface area contributed by atoms with E-state index >= 15 is 0 Å². The van der Waals surface area contributed by atoms with E-state index in [1.807, 2.05) is 57.2 Å². The van der Waals surface area contributed by atoms with Gasteiger partial charge in [0.05, 0.1) is 6.54 Å². The Morgan fingerprint density at radius 3 is 2.16 bits per heavy atom. The van der Waals surface area contributed by atoms with Crippen molar-refractivity contribution in [1.82, 2.24) is 4.90 Å². The first-order valence-corrected chi connectivity index (χ1v) is 13.4. The lowest BCUT2D eigenvalue weighted by molar-refractivity contribution is -0.149. The monoisotopic (exact) mass is 513 g/mol. The van der Waals surface area contributed by atoms with Gasteiger partial charge in [0, 0.05) is 19.6 Å². The van der Waals surface area contributed by atoms with Gasteiger partial charge in [0.1, 0.15) is 18.1 Å². The molecule has 2 aromatic carbocycles. The molecular formula is C30H43NO6. The summed E-state index contributed by atoms with van der Waals surface area (Å²) in [6.07, 6.45) is 4.58. The van der Waals surface area contributed by atoms with Crippen molar-refractivity contribution in [1.29, 1.82) is 0 Å². The van der Waals surface area contributed by atoms with E-state index in [4.69, 9.17) is 14.2 Å². The third-order valence-electron chi connectivity index (χ3n) is 6.20. The molecule has 0 aliphatic rings. The fourth-order valence-corrected chi connectivity index (χ4v) is 4.31. The van der Waals surface area contributed by atoms with Crippen molar-refractivity contribution in [3.63, 3.8) is 0 Å². The summed E-state index contributed by atoms with van der Waals surface area (Å²) >= 11 is 0. The van der Waals surface area contributed by atoms with Crippen molar-refractivity contribution in [3.8, 4) is 11.5 Å². The highest BCUT2D eigenvalue weighted by molar-refractivity contribution is 5.73. The zero-order valence-electron chi connectivity index (χ0n) is 23.0. The Kier molecular flexibility index (Phi) is 13.0. The molecule has 0 aliphatic heterocycles. The Hall–Kier alpha value is -3.06. The van der Waals surface area contributed by atoms with Crippen LogP contribution in [-0.4, -0.2) is 54.5 Å². The van der Waals surface area contributed by atoms with Crippen LogP contribution in [0.15, 0.2) is 36.4 Å². The molecule has 0 bridgehead atoms. The number of ether oxygens (including phenoxy) is 3. The highest BCUT2D eigenvalue weighted by Crippen LogP contribution is 2.25. The summed E-state index contributed by atoms with van der Waals surface area (Å²) in [4.78, 5) is 26.2. The molecule has 204 valence electrons. The smallest absolute Gasteiger partial charge is 0.415 e. The van der Waals surface area contributed by atoms with Gasteiger partial charge in [-0.25, -0.2) is 9.59 Å². The lowest BCUT2D eigenvalue weighted by Gasteiger charge is -2.23. The van der Waals surface area contributed by atoms with Crippen LogP contribution in [-0.2, 0) is 16.0 Å². The lowest BCUT2D eigenvalue weighted by Crippen LogP contribution is -2.37. The SMILES string of the molecule is CCCCCCCN(CCOc1ccc(CC(OCC)C(=O)O)cc1)C(=O)Oc1c(C)cc(C)cc1C. The maximum absolute atomic E-state index is 13.1. The quantitative estimate of drug-likeness (QED) is 0.258. The minimum Gasteiger partial charge on any atom is -0.492 e. The summed E-state index contributed by atoms with van der Waals surface area (Å²) in [6.45, 7) is 11.6. The summed E-state index contributed by atoms with van der Waals surface area (Å²) < 4.78 is 17.0. The number of benzene rings is 2. The van der Waals surface area contributed by atoms with Gasteiger partial charge in [-0.05, 0) is 62.9 Å². The molecule has 0 saturated heterocycles. The van der Waals surface area contributed by atoms with Crippen LogP contribution in [0, 0.1) is 20.8 Å². The van der Waals surface area contributed by atoms with Gasteiger partial charge >= 0.3 is 12.1 Å². The molecule has 0 fully saturated rings. The highest BCUT2D eigenvalue weighted by Gasteiger charge is 2.19. The van der Waals surface area contributed by atoms with Crippen LogP contribution < -0.4 is 9.47 Å². The van der Waals surface area contributed by atoms with Crippen LogP contribution in [0.25, 0.3) is 0 Å². The Morgan fingerprint density at radius 2 is 1.57 bits per heavy atom. The van der Waals surface area contributed by atoms with Crippen molar-refractivity contribution < 1.29 is 28.9 Å².